The van der Waals surface area contributed by atoms with Gasteiger partial charge in [-0.25, -0.2) is 20.2 Å². The van der Waals surface area contributed by atoms with Crippen LogP contribution in [0.15, 0.2) is 0 Å². The Morgan fingerprint density at radius 2 is 1.25 bits per heavy atom. The van der Waals surface area contributed by atoms with Gasteiger partial charge < -0.3 is 0 Å². The Hall–Kier alpha value is -1.60. The molecule has 0 aromatic rings. The van der Waals surface area contributed by atoms with Crippen LogP contribution in [0.25, 0.3) is 0 Å². The van der Waals surface area contributed by atoms with Gasteiger partial charge in [0.1, 0.15) is 13.1 Å². The first-order chi connectivity index (χ1) is 5.45. The molecule has 0 amide bonds. The predicted molar refractivity (Wildman–Crippen MR) is 39.2 cm³/mol. The van der Waals surface area contributed by atoms with Crippen LogP contribution in [0.2, 0.25) is 0 Å². The number of rotatable bonds is 5. The number of hydrogen-bond donors (Lipinski definition) is 0. The lowest BCUT2D eigenvalue weighted by Gasteiger charge is -2.10. The molecule has 0 saturated carbocycles. The van der Waals surface area contributed by atoms with Crippen LogP contribution in [0.4, 0.5) is 0 Å². The maximum atomic E-state index is 10.0. The maximum Gasteiger partial charge on any atom is 0.159 e. The molecule has 8 heteroatoms. The molecule has 0 rings (SSSR count). The van der Waals surface area contributed by atoms with E-state index in [-0.39, 0.29) is 13.1 Å². The summed E-state index contributed by atoms with van der Waals surface area (Å²) in [7, 11) is 2.52. The van der Waals surface area contributed by atoms with E-state index in [1.165, 1.54) is 14.1 Å². The van der Waals surface area contributed by atoms with E-state index in [0.717, 1.165) is 10.0 Å². The summed E-state index contributed by atoms with van der Waals surface area (Å²) in [5, 5.41) is 20.4. The highest BCUT2D eigenvalue weighted by atomic mass is 16.7. The summed E-state index contributed by atoms with van der Waals surface area (Å²) in [6.45, 7) is 0.0367. The molecule has 0 heterocycles. The van der Waals surface area contributed by atoms with E-state index in [1.54, 1.807) is 0 Å². The number of hydrogen-bond acceptors (Lipinski definition) is 4. The first-order valence-corrected chi connectivity index (χ1v) is 3.16. The molecule has 0 fully saturated rings. The maximum absolute atomic E-state index is 10.0. The zero-order chi connectivity index (χ0) is 9.72. The summed E-state index contributed by atoms with van der Waals surface area (Å²) in [5.41, 5.74) is 0. The summed E-state index contributed by atoms with van der Waals surface area (Å²) >= 11 is 0. The lowest BCUT2D eigenvalue weighted by Crippen LogP contribution is -2.36. The molecular weight excluding hydrogens is 168 g/mol. The molecule has 0 spiro atoms. The molecule has 0 aromatic carbocycles. The normalized spacial score (nSPS) is 9.17. The molecule has 0 atom stereocenters. The Morgan fingerprint density at radius 1 is 1.00 bits per heavy atom. The van der Waals surface area contributed by atoms with Crippen molar-refractivity contribution < 1.29 is 10.1 Å². The van der Waals surface area contributed by atoms with Gasteiger partial charge >= 0.3 is 0 Å². The van der Waals surface area contributed by atoms with Crippen molar-refractivity contribution in [2.45, 2.75) is 0 Å². The largest absolute Gasteiger partial charge is 0.235 e. The molecule has 0 aliphatic heterocycles. The first kappa shape index (κ1) is 10.4. The van der Waals surface area contributed by atoms with E-state index in [2.05, 4.69) is 0 Å². The average Bonchev–Trinajstić information content (AvgIpc) is 1.98. The fourth-order valence-corrected chi connectivity index (χ4v) is 0.453. The lowest BCUT2D eigenvalue weighted by atomic mass is 10.6. The smallest absolute Gasteiger partial charge is 0.159 e. The molecular formula is C4H10N4O4. The van der Waals surface area contributed by atoms with E-state index in [1.807, 2.05) is 0 Å². The van der Waals surface area contributed by atoms with Crippen molar-refractivity contribution in [1.29, 1.82) is 0 Å². The molecule has 0 N–H and O–H groups in total. The van der Waals surface area contributed by atoms with E-state index in [4.69, 9.17) is 0 Å². The molecule has 0 aliphatic carbocycles. The van der Waals surface area contributed by atoms with E-state index in [0.29, 0.717) is 0 Å². The van der Waals surface area contributed by atoms with Crippen LogP contribution in [-0.2, 0) is 0 Å². The van der Waals surface area contributed by atoms with Gasteiger partial charge in [0, 0.05) is 0 Å². The highest BCUT2D eigenvalue weighted by Crippen LogP contribution is 1.86. The number of likely N-dealkylation sites (N-methyl/N-ethyl adjacent to an activating group) is 2. The van der Waals surface area contributed by atoms with Crippen molar-refractivity contribution in [3.8, 4) is 0 Å². The summed E-state index contributed by atoms with van der Waals surface area (Å²) in [5.74, 6) is 0. The topological polar surface area (TPSA) is 92.8 Å². The third-order valence-electron chi connectivity index (χ3n) is 1.30. The third-order valence-corrected chi connectivity index (χ3v) is 1.30. The van der Waals surface area contributed by atoms with Crippen LogP contribution in [0, 0.1) is 20.2 Å². The minimum absolute atomic E-state index is 0.0183. The van der Waals surface area contributed by atoms with Gasteiger partial charge in [-0.2, -0.15) is 0 Å². The summed E-state index contributed by atoms with van der Waals surface area (Å²) in [6, 6.07) is 0. The Morgan fingerprint density at radius 3 is 1.42 bits per heavy atom. The van der Waals surface area contributed by atoms with Gasteiger partial charge in [-0.15, -0.1) is 10.0 Å². The van der Waals surface area contributed by atoms with Crippen molar-refractivity contribution in [2.24, 2.45) is 0 Å². The van der Waals surface area contributed by atoms with Gasteiger partial charge in [-0.05, 0) is 0 Å². The van der Waals surface area contributed by atoms with Crippen molar-refractivity contribution in [1.82, 2.24) is 10.0 Å². The van der Waals surface area contributed by atoms with Crippen molar-refractivity contribution in [3.63, 3.8) is 0 Å². The Balaban J connectivity index is 3.68. The SMILES string of the molecule is CN(CCN(C)[N+](=O)[O-])[N+](=O)[O-]. The molecule has 0 radical (unpaired) electrons. The molecule has 0 unspecified atom stereocenters. The minimum Gasteiger partial charge on any atom is -0.235 e. The zero-order valence-corrected chi connectivity index (χ0v) is 6.84. The van der Waals surface area contributed by atoms with Crippen LogP contribution in [0.1, 0.15) is 0 Å². The van der Waals surface area contributed by atoms with Crippen LogP contribution in [0.3, 0.4) is 0 Å². The predicted octanol–water partition coefficient (Wildman–Crippen LogP) is -0.767. The molecule has 0 bridgehead atoms. The van der Waals surface area contributed by atoms with Gasteiger partial charge in [0.25, 0.3) is 0 Å². The first-order valence-electron chi connectivity index (χ1n) is 3.16. The molecule has 0 aromatic heterocycles. The fraction of sp³-hybridized carbons (Fsp3) is 1.00. The van der Waals surface area contributed by atoms with Gasteiger partial charge in [0.05, 0.1) is 14.1 Å². The quantitative estimate of drug-likeness (QED) is 0.405. The molecule has 70 valence electrons. The Bertz CT molecular complexity index is 164. The van der Waals surface area contributed by atoms with Gasteiger partial charge in [0.15, 0.2) is 10.1 Å². The van der Waals surface area contributed by atoms with Crippen molar-refractivity contribution in [2.75, 3.05) is 27.2 Å². The van der Waals surface area contributed by atoms with Crippen molar-refractivity contribution in [3.05, 3.63) is 20.2 Å². The second-order valence-electron chi connectivity index (χ2n) is 2.24. The monoisotopic (exact) mass is 178 g/mol. The van der Waals surface area contributed by atoms with Crippen LogP contribution >= 0.6 is 0 Å². The second-order valence-corrected chi connectivity index (χ2v) is 2.24. The lowest BCUT2D eigenvalue weighted by molar-refractivity contribution is -0.666. The standard InChI is InChI=1S/C4H10N4O4/c1-5(7(9)10)3-4-6(2)8(11)12/h3-4H2,1-2H3. The Kier molecular flexibility index (Phi) is 3.74. The summed E-state index contributed by atoms with van der Waals surface area (Å²) < 4.78 is 0. The highest BCUT2D eigenvalue weighted by molar-refractivity contribution is 4.40. The fourth-order valence-electron chi connectivity index (χ4n) is 0.453. The molecule has 0 aliphatic rings. The summed E-state index contributed by atoms with van der Waals surface area (Å²) in [6.07, 6.45) is 0. The average molecular weight is 178 g/mol. The van der Waals surface area contributed by atoms with Crippen LogP contribution in [-0.4, -0.2) is 47.3 Å². The van der Waals surface area contributed by atoms with E-state index in [9.17, 15) is 20.2 Å². The molecule has 12 heavy (non-hydrogen) atoms. The highest BCUT2D eigenvalue weighted by Gasteiger charge is 2.12. The Labute approximate surface area is 68.6 Å². The van der Waals surface area contributed by atoms with E-state index < -0.39 is 10.1 Å². The number of hydrazine groups is 2. The zero-order valence-electron chi connectivity index (χ0n) is 6.84. The van der Waals surface area contributed by atoms with Crippen LogP contribution in [0.5, 0.6) is 0 Å². The minimum atomic E-state index is -0.617. The third kappa shape index (κ3) is 3.54. The molecule has 0 saturated heterocycles. The van der Waals surface area contributed by atoms with Crippen molar-refractivity contribution >= 4 is 0 Å². The number of nitro groups is 2. The van der Waals surface area contributed by atoms with Gasteiger partial charge in [0.2, 0.25) is 0 Å². The number of nitrogens with zero attached hydrogens (tertiary/aromatic N) is 4. The van der Waals surface area contributed by atoms with E-state index >= 15 is 0 Å². The van der Waals surface area contributed by atoms with Crippen LogP contribution < -0.4 is 0 Å². The second kappa shape index (κ2) is 4.31. The molecule has 8 nitrogen and oxygen atoms in total. The summed E-state index contributed by atoms with van der Waals surface area (Å²) in [4.78, 5) is 20.0. The van der Waals surface area contributed by atoms with Gasteiger partial charge in [-0.3, -0.25) is 0 Å². The van der Waals surface area contributed by atoms with Gasteiger partial charge in [-0.1, -0.05) is 0 Å².